The molecule has 0 unspecified atom stereocenters. The molecule has 0 bridgehead atoms. The van der Waals surface area contributed by atoms with Crippen LogP contribution in [0.1, 0.15) is 51.8 Å². The Labute approximate surface area is 102 Å². The van der Waals surface area contributed by atoms with E-state index in [2.05, 4.69) is 34.7 Å². The molecular weight excluding hydrogens is 216 g/mol. The van der Waals surface area contributed by atoms with Gasteiger partial charge in [-0.3, -0.25) is 0 Å². The van der Waals surface area contributed by atoms with Crippen molar-refractivity contribution in [2.75, 3.05) is 11.9 Å². The maximum absolute atomic E-state index is 5.56. The minimum Gasteiger partial charge on any atom is -0.407 e. The lowest BCUT2D eigenvalue weighted by atomic mass is 9.83. The van der Waals surface area contributed by atoms with Gasteiger partial charge in [-0.05, 0) is 26.3 Å². The second kappa shape index (κ2) is 5.49. The van der Waals surface area contributed by atoms with Crippen LogP contribution in [0.4, 0.5) is 6.01 Å². The van der Waals surface area contributed by atoms with Crippen LogP contribution in [0.3, 0.4) is 0 Å². The quantitative estimate of drug-likeness (QED) is 0.824. The van der Waals surface area contributed by atoms with Crippen LogP contribution in [-0.4, -0.2) is 22.3 Å². The van der Waals surface area contributed by atoms with Crippen LogP contribution >= 0.6 is 0 Å². The lowest BCUT2D eigenvalue weighted by Crippen LogP contribution is -2.36. The van der Waals surface area contributed by atoms with Crippen molar-refractivity contribution in [1.82, 2.24) is 15.5 Å². The van der Waals surface area contributed by atoms with E-state index in [4.69, 9.17) is 4.42 Å². The van der Waals surface area contributed by atoms with E-state index >= 15 is 0 Å². The predicted molar refractivity (Wildman–Crippen MR) is 66.8 cm³/mol. The SMILES string of the molecule is CCNCc1nnc(NC2(C)CCCCC2)o1. The van der Waals surface area contributed by atoms with E-state index in [1.165, 1.54) is 32.1 Å². The van der Waals surface area contributed by atoms with Crippen LogP contribution in [-0.2, 0) is 6.54 Å². The summed E-state index contributed by atoms with van der Waals surface area (Å²) < 4.78 is 5.56. The summed E-state index contributed by atoms with van der Waals surface area (Å²) in [6.07, 6.45) is 6.26. The fourth-order valence-electron chi connectivity index (χ4n) is 2.32. The van der Waals surface area contributed by atoms with Gasteiger partial charge in [-0.15, -0.1) is 5.10 Å². The number of hydrogen-bond acceptors (Lipinski definition) is 5. The summed E-state index contributed by atoms with van der Waals surface area (Å²) in [7, 11) is 0. The number of hydrogen-bond donors (Lipinski definition) is 2. The first kappa shape index (κ1) is 12.4. The van der Waals surface area contributed by atoms with Crippen molar-refractivity contribution < 1.29 is 4.42 Å². The zero-order chi connectivity index (χ0) is 12.1. The van der Waals surface area contributed by atoms with Crippen LogP contribution < -0.4 is 10.6 Å². The molecule has 1 aliphatic rings. The summed E-state index contributed by atoms with van der Waals surface area (Å²) in [6.45, 7) is 5.84. The lowest BCUT2D eigenvalue weighted by Gasteiger charge is -2.33. The average molecular weight is 238 g/mol. The average Bonchev–Trinajstić information content (AvgIpc) is 2.74. The summed E-state index contributed by atoms with van der Waals surface area (Å²) in [4.78, 5) is 0. The van der Waals surface area contributed by atoms with Crippen molar-refractivity contribution in [3.05, 3.63) is 5.89 Å². The second-order valence-electron chi connectivity index (χ2n) is 5.03. The van der Waals surface area contributed by atoms with Crippen LogP contribution in [0.5, 0.6) is 0 Å². The summed E-state index contributed by atoms with van der Waals surface area (Å²) in [5, 5.41) is 14.6. The third-order valence-corrected chi connectivity index (χ3v) is 3.36. The molecule has 0 aliphatic heterocycles. The maximum atomic E-state index is 5.56. The van der Waals surface area contributed by atoms with Gasteiger partial charge in [-0.25, -0.2) is 0 Å². The predicted octanol–water partition coefficient (Wildman–Crippen LogP) is 2.31. The van der Waals surface area contributed by atoms with E-state index < -0.39 is 0 Å². The first-order chi connectivity index (χ1) is 8.22. The van der Waals surface area contributed by atoms with E-state index in [1.807, 2.05) is 0 Å². The smallest absolute Gasteiger partial charge is 0.315 e. The van der Waals surface area contributed by atoms with Crippen LogP contribution in [0.25, 0.3) is 0 Å². The van der Waals surface area contributed by atoms with E-state index in [1.54, 1.807) is 0 Å². The molecule has 96 valence electrons. The molecule has 1 aliphatic carbocycles. The van der Waals surface area contributed by atoms with Gasteiger partial charge in [-0.1, -0.05) is 31.3 Å². The first-order valence-corrected chi connectivity index (χ1v) is 6.53. The van der Waals surface area contributed by atoms with E-state index in [-0.39, 0.29) is 5.54 Å². The number of anilines is 1. The zero-order valence-electron chi connectivity index (χ0n) is 10.8. The highest BCUT2D eigenvalue weighted by Gasteiger charge is 2.28. The molecule has 0 atom stereocenters. The summed E-state index contributed by atoms with van der Waals surface area (Å²) >= 11 is 0. The molecule has 0 radical (unpaired) electrons. The Kier molecular flexibility index (Phi) is 3.99. The standard InChI is InChI=1S/C12H22N4O/c1-3-13-9-10-15-16-11(17-10)14-12(2)7-5-4-6-8-12/h13H,3-9H2,1-2H3,(H,14,16). The van der Waals surface area contributed by atoms with Gasteiger partial charge in [0.1, 0.15) is 0 Å². The van der Waals surface area contributed by atoms with Crippen molar-refractivity contribution in [2.24, 2.45) is 0 Å². The number of aromatic nitrogens is 2. The van der Waals surface area contributed by atoms with Crippen molar-refractivity contribution >= 4 is 6.01 Å². The summed E-state index contributed by atoms with van der Waals surface area (Å²) in [5.41, 5.74) is 0.125. The second-order valence-corrected chi connectivity index (χ2v) is 5.03. The van der Waals surface area contributed by atoms with Crippen LogP contribution in [0.15, 0.2) is 4.42 Å². The molecule has 0 aromatic carbocycles. The van der Waals surface area contributed by atoms with Crippen molar-refractivity contribution in [2.45, 2.75) is 58.0 Å². The Hall–Kier alpha value is -1.10. The van der Waals surface area contributed by atoms with Crippen LogP contribution in [0.2, 0.25) is 0 Å². The van der Waals surface area contributed by atoms with E-state index in [9.17, 15) is 0 Å². The maximum Gasteiger partial charge on any atom is 0.315 e. The summed E-state index contributed by atoms with van der Waals surface area (Å²) in [5.74, 6) is 0.647. The van der Waals surface area contributed by atoms with Gasteiger partial charge >= 0.3 is 6.01 Å². The molecule has 0 saturated heterocycles. The Morgan fingerprint density at radius 2 is 2.00 bits per heavy atom. The van der Waals surface area contributed by atoms with E-state index in [0.717, 1.165) is 6.54 Å². The molecule has 0 spiro atoms. The topological polar surface area (TPSA) is 63.0 Å². The first-order valence-electron chi connectivity index (χ1n) is 6.53. The molecule has 0 amide bonds. The Balaban J connectivity index is 1.91. The monoisotopic (exact) mass is 238 g/mol. The molecular formula is C12H22N4O. The van der Waals surface area contributed by atoms with Gasteiger partial charge in [0.15, 0.2) is 0 Å². The van der Waals surface area contributed by atoms with Gasteiger partial charge in [-0.2, -0.15) is 0 Å². The highest BCUT2D eigenvalue weighted by atomic mass is 16.4. The molecule has 2 N–H and O–H groups in total. The third kappa shape index (κ3) is 3.43. The van der Waals surface area contributed by atoms with Gasteiger partial charge in [0.2, 0.25) is 5.89 Å². The Morgan fingerprint density at radius 1 is 1.24 bits per heavy atom. The number of nitrogens with zero attached hydrogens (tertiary/aromatic N) is 2. The lowest BCUT2D eigenvalue weighted by molar-refractivity contribution is 0.338. The molecule has 1 aromatic heterocycles. The highest BCUT2D eigenvalue weighted by molar-refractivity contribution is 5.23. The molecule has 1 saturated carbocycles. The molecule has 1 aromatic rings. The third-order valence-electron chi connectivity index (χ3n) is 3.36. The highest BCUT2D eigenvalue weighted by Crippen LogP contribution is 2.30. The van der Waals surface area contributed by atoms with Gasteiger partial charge in [0, 0.05) is 5.54 Å². The fourth-order valence-corrected chi connectivity index (χ4v) is 2.32. The molecule has 5 nitrogen and oxygen atoms in total. The van der Waals surface area contributed by atoms with Crippen molar-refractivity contribution in [3.63, 3.8) is 0 Å². The van der Waals surface area contributed by atoms with Gasteiger partial charge in [0.25, 0.3) is 0 Å². The van der Waals surface area contributed by atoms with Gasteiger partial charge in [0.05, 0.1) is 6.54 Å². The largest absolute Gasteiger partial charge is 0.407 e. The Morgan fingerprint density at radius 3 is 2.71 bits per heavy atom. The molecule has 2 rings (SSSR count). The van der Waals surface area contributed by atoms with Gasteiger partial charge < -0.3 is 15.1 Å². The molecule has 1 fully saturated rings. The molecule has 1 heterocycles. The van der Waals surface area contributed by atoms with Crippen molar-refractivity contribution in [1.29, 1.82) is 0 Å². The molecule has 5 heteroatoms. The minimum atomic E-state index is 0.125. The fraction of sp³-hybridized carbons (Fsp3) is 0.833. The Bertz CT molecular complexity index is 344. The number of rotatable bonds is 5. The van der Waals surface area contributed by atoms with E-state index in [0.29, 0.717) is 18.5 Å². The van der Waals surface area contributed by atoms with Crippen LogP contribution in [0, 0.1) is 0 Å². The molecule has 17 heavy (non-hydrogen) atoms. The van der Waals surface area contributed by atoms with Crippen molar-refractivity contribution in [3.8, 4) is 0 Å². The minimum absolute atomic E-state index is 0.125. The normalized spacial score (nSPS) is 19.2. The summed E-state index contributed by atoms with van der Waals surface area (Å²) in [6, 6.07) is 0.558. The zero-order valence-corrected chi connectivity index (χ0v) is 10.8. The number of nitrogens with one attached hydrogen (secondary N) is 2.